The van der Waals surface area contributed by atoms with Crippen molar-refractivity contribution in [2.45, 2.75) is 12.5 Å². The van der Waals surface area contributed by atoms with E-state index in [-0.39, 0.29) is 0 Å². The van der Waals surface area contributed by atoms with Gasteiger partial charge in [-0.2, -0.15) is 0 Å². The Labute approximate surface area is 111 Å². The molecule has 0 aliphatic heterocycles. The van der Waals surface area contributed by atoms with Gasteiger partial charge in [0.2, 0.25) is 0 Å². The molecule has 19 heavy (non-hydrogen) atoms. The molecule has 0 unspecified atom stereocenters. The lowest BCUT2D eigenvalue weighted by atomic mass is 10.1. The highest BCUT2D eigenvalue weighted by Crippen LogP contribution is 2.26. The highest BCUT2D eigenvalue weighted by Gasteiger charge is 2.21. The Bertz CT molecular complexity index is 499. The molecule has 1 N–H and O–H groups in total. The van der Waals surface area contributed by atoms with Crippen LogP contribution in [0.2, 0.25) is 0 Å². The molecule has 0 aliphatic rings. The summed E-state index contributed by atoms with van der Waals surface area (Å²) >= 11 is 0. The van der Waals surface area contributed by atoms with E-state index in [2.05, 4.69) is 5.32 Å². The van der Waals surface area contributed by atoms with Gasteiger partial charge in [-0.3, -0.25) is 0 Å². The third-order valence-electron chi connectivity index (χ3n) is 2.82. The van der Waals surface area contributed by atoms with Gasteiger partial charge >= 0.3 is 0 Å². The molecule has 2 aromatic carbocycles. The number of hydrogen-bond acceptors (Lipinski definition) is 2. The maximum Gasteiger partial charge on any atom is 0.262 e. The summed E-state index contributed by atoms with van der Waals surface area (Å²) in [5.41, 5.74) is 1.20. The number of benzene rings is 2. The maximum atomic E-state index is 13.1. The number of halogens is 2. The Morgan fingerprint density at radius 2 is 1.58 bits per heavy atom. The first kappa shape index (κ1) is 13.3. The molecule has 0 amide bonds. The lowest BCUT2D eigenvalue weighted by molar-refractivity contribution is 0.124. The van der Waals surface area contributed by atoms with Crippen molar-refractivity contribution in [3.63, 3.8) is 0 Å². The van der Waals surface area contributed by atoms with Crippen molar-refractivity contribution in [3.05, 3.63) is 60.2 Å². The average molecular weight is 263 g/mol. The minimum Gasteiger partial charge on any atom is -0.497 e. The van der Waals surface area contributed by atoms with Crippen LogP contribution in [0, 0.1) is 0 Å². The normalized spacial score (nSPS) is 12.2. The van der Waals surface area contributed by atoms with Crippen LogP contribution in [0.3, 0.4) is 0 Å². The Kier molecular flexibility index (Phi) is 4.34. The fourth-order valence-corrected chi connectivity index (χ4v) is 1.82. The summed E-state index contributed by atoms with van der Waals surface area (Å²) in [5.74, 6) is 0.693. The van der Waals surface area contributed by atoms with Crippen molar-refractivity contribution in [3.8, 4) is 5.75 Å². The van der Waals surface area contributed by atoms with Gasteiger partial charge in [0, 0.05) is 5.69 Å². The van der Waals surface area contributed by atoms with E-state index in [1.807, 2.05) is 0 Å². The van der Waals surface area contributed by atoms with Crippen LogP contribution < -0.4 is 10.1 Å². The van der Waals surface area contributed by atoms with Gasteiger partial charge in [-0.15, -0.1) is 0 Å². The number of anilines is 1. The molecule has 0 fully saturated rings. The largest absolute Gasteiger partial charge is 0.497 e. The smallest absolute Gasteiger partial charge is 0.262 e. The van der Waals surface area contributed by atoms with E-state index in [4.69, 9.17) is 4.74 Å². The summed E-state index contributed by atoms with van der Waals surface area (Å²) < 4.78 is 31.3. The molecule has 0 saturated carbocycles. The van der Waals surface area contributed by atoms with Crippen molar-refractivity contribution in [2.75, 3.05) is 12.4 Å². The summed E-state index contributed by atoms with van der Waals surface area (Å²) in [4.78, 5) is 0. The van der Waals surface area contributed by atoms with E-state index in [0.717, 1.165) is 0 Å². The highest BCUT2D eigenvalue weighted by atomic mass is 19.3. The SMILES string of the molecule is COc1ccc(N[C@H](c2ccccc2)C(F)F)cc1. The standard InChI is InChI=1S/C15H15F2NO/c1-19-13-9-7-12(8-10-13)18-14(15(16)17)11-5-3-2-4-6-11/h2-10,14-15,18H,1H3/t14-/m1/s1. The quantitative estimate of drug-likeness (QED) is 0.876. The molecule has 4 heteroatoms. The van der Waals surface area contributed by atoms with Crippen LogP contribution in [-0.2, 0) is 0 Å². The van der Waals surface area contributed by atoms with Crippen LogP contribution in [-0.4, -0.2) is 13.5 Å². The second-order valence-electron chi connectivity index (χ2n) is 4.10. The van der Waals surface area contributed by atoms with Gasteiger partial charge in [0.25, 0.3) is 6.43 Å². The van der Waals surface area contributed by atoms with Crippen LogP contribution in [0.4, 0.5) is 14.5 Å². The molecule has 2 aromatic rings. The fourth-order valence-electron chi connectivity index (χ4n) is 1.82. The first-order valence-corrected chi connectivity index (χ1v) is 5.94. The molecule has 0 bridgehead atoms. The van der Waals surface area contributed by atoms with Crippen LogP contribution in [0.1, 0.15) is 11.6 Å². The first-order chi connectivity index (χ1) is 9.20. The molecule has 0 radical (unpaired) electrons. The Balaban J connectivity index is 2.17. The summed E-state index contributed by atoms with van der Waals surface area (Å²) in [6.07, 6.45) is -2.48. The number of nitrogens with one attached hydrogen (secondary N) is 1. The monoisotopic (exact) mass is 263 g/mol. The van der Waals surface area contributed by atoms with E-state index in [1.54, 1.807) is 61.7 Å². The summed E-state index contributed by atoms with van der Waals surface area (Å²) in [7, 11) is 1.56. The van der Waals surface area contributed by atoms with Crippen LogP contribution >= 0.6 is 0 Å². The summed E-state index contributed by atoms with van der Waals surface area (Å²) in [5, 5.41) is 2.84. The van der Waals surface area contributed by atoms with E-state index in [1.165, 1.54) is 0 Å². The van der Waals surface area contributed by atoms with E-state index in [9.17, 15) is 8.78 Å². The zero-order valence-corrected chi connectivity index (χ0v) is 10.5. The Hall–Kier alpha value is -2.10. The molecule has 2 rings (SSSR count). The molecule has 100 valence electrons. The zero-order chi connectivity index (χ0) is 13.7. The molecule has 0 aliphatic carbocycles. The van der Waals surface area contributed by atoms with Crippen LogP contribution in [0.5, 0.6) is 5.75 Å². The fraction of sp³-hybridized carbons (Fsp3) is 0.200. The van der Waals surface area contributed by atoms with Gasteiger partial charge in [0.1, 0.15) is 11.8 Å². The van der Waals surface area contributed by atoms with E-state index in [0.29, 0.717) is 17.0 Å². The van der Waals surface area contributed by atoms with Crippen molar-refractivity contribution in [1.29, 1.82) is 0 Å². The third-order valence-corrected chi connectivity index (χ3v) is 2.82. The van der Waals surface area contributed by atoms with Crippen molar-refractivity contribution >= 4 is 5.69 Å². The third kappa shape index (κ3) is 3.44. The molecular weight excluding hydrogens is 248 g/mol. The Morgan fingerprint density at radius 3 is 2.11 bits per heavy atom. The second-order valence-corrected chi connectivity index (χ2v) is 4.10. The molecule has 0 aromatic heterocycles. The minimum atomic E-state index is -2.48. The number of hydrogen-bond donors (Lipinski definition) is 1. The molecule has 2 nitrogen and oxygen atoms in total. The van der Waals surface area contributed by atoms with E-state index < -0.39 is 12.5 Å². The first-order valence-electron chi connectivity index (χ1n) is 5.94. The van der Waals surface area contributed by atoms with Crippen LogP contribution in [0.25, 0.3) is 0 Å². The van der Waals surface area contributed by atoms with Gasteiger partial charge in [-0.1, -0.05) is 30.3 Å². The minimum absolute atomic E-state index is 0.563. The molecule has 1 atom stereocenters. The van der Waals surface area contributed by atoms with Gasteiger partial charge in [-0.25, -0.2) is 8.78 Å². The predicted molar refractivity (Wildman–Crippen MR) is 71.8 cm³/mol. The van der Waals surface area contributed by atoms with Crippen molar-refractivity contribution < 1.29 is 13.5 Å². The van der Waals surface area contributed by atoms with Gasteiger partial charge in [0.15, 0.2) is 0 Å². The predicted octanol–water partition coefficient (Wildman–Crippen LogP) is 4.11. The number of rotatable bonds is 5. The Morgan fingerprint density at radius 1 is 0.947 bits per heavy atom. The van der Waals surface area contributed by atoms with Gasteiger partial charge < -0.3 is 10.1 Å². The molecule has 0 saturated heterocycles. The van der Waals surface area contributed by atoms with Crippen molar-refractivity contribution in [2.24, 2.45) is 0 Å². The van der Waals surface area contributed by atoms with Gasteiger partial charge in [0.05, 0.1) is 7.11 Å². The average Bonchev–Trinajstić information content (AvgIpc) is 2.46. The number of ether oxygens (including phenoxy) is 1. The highest BCUT2D eigenvalue weighted by molar-refractivity contribution is 5.48. The van der Waals surface area contributed by atoms with Crippen LogP contribution in [0.15, 0.2) is 54.6 Å². The molecular formula is C15H15F2NO. The summed E-state index contributed by atoms with van der Waals surface area (Å²) in [6.45, 7) is 0. The van der Waals surface area contributed by atoms with E-state index >= 15 is 0 Å². The second kappa shape index (κ2) is 6.18. The lowest BCUT2D eigenvalue weighted by Crippen LogP contribution is -2.18. The maximum absolute atomic E-state index is 13.1. The number of methoxy groups -OCH3 is 1. The van der Waals surface area contributed by atoms with Crippen molar-refractivity contribution in [1.82, 2.24) is 0 Å². The summed E-state index contributed by atoms with van der Waals surface area (Å²) in [6, 6.07) is 14.6. The zero-order valence-electron chi connectivity index (χ0n) is 10.5. The van der Waals surface area contributed by atoms with Gasteiger partial charge in [-0.05, 0) is 29.8 Å². The molecule has 0 spiro atoms. The lowest BCUT2D eigenvalue weighted by Gasteiger charge is -2.19. The number of alkyl halides is 2. The molecule has 0 heterocycles. The topological polar surface area (TPSA) is 21.3 Å².